The molecule has 0 aliphatic carbocycles. The van der Waals surface area contributed by atoms with Crippen LogP contribution in [0.15, 0.2) is 35.1 Å². The molecule has 0 amide bonds. The number of pyridine rings is 1. The smallest absolute Gasteiger partial charge is 0.138 e. The molecule has 5 heteroatoms. The maximum Gasteiger partial charge on any atom is 0.138 e. The molecule has 0 aliphatic rings. The fourth-order valence-corrected chi connectivity index (χ4v) is 2.20. The third-order valence-electron chi connectivity index (χ3n) is 2.14. The minimum absolute atomic E-state index is 0.561. The van der Waals surface area contributed by atoms with Gasteiger partial charge >= 0.3 is 0 Å². The number of hydrogen-bond donors (Lipinski definition) is 0. The van der Waals surface area contributed by atoms with Gasteiger partial charge in [-0.05, 0) is 39.7 Å². The van der Waals surface area contributed by atoms with E-state index in [9.17, 15) is 0 Å². The maximum absolute atomic E-state index is 8.97. The number of nitrogens with zero attached hydrogens (tertiary/aromatic N) is 3. The summed E-state index contributed by atoms with van der Waals surface area (Å²) >= 11 is 6.76. The molecule has 0 N–H and O–H groups in total. The van der Waals surface area contributed by atoms with Crippen LogP contribution in [0.4, 0.5) is 0 Å². The zero-order valence-corrected chi connectivity index (χ0v) is 11.4. The topological polar surface area (TPSA) is 41.6 Å². The van der Waals surface area contributed by atoms with Crippen molar-refractivity contribution in [2.45, 2.75) is 5.33 Å². The van der Waals surface area contributed by atoms with Gasteiger partial charge < -0.3 is 0 Å². The molecule has 0 saturated heterocycles. The van der Waals surface area contributed by atoms with Crippen molar-refractivity contribution in [1.29, 1.82) is 5.26 Å². The Bertz CT molecular complexity index is 537. The second kappa shape index (κ2) is 4.81. The highest BCUT2D eigenvalue weighted by Crippen LogP contribution is 2.20. The second-order valence-corrected chi connectivity index (χ2v) is 4.52. The summed E-state index contributed by atoms with van der Waals surface area (Å²) in [6, 6.07) is 9.58. The molecule has 0 radical (unpaired) electrons. The number of alkyl halides is 1. The Morgan fingerprint density at radius 3 is 2.69 bits per heavy atom. The highest BCUT2D eigenvalue weighted by molar-refractivity contribution is 9.10. The SMILES string of the molecule is N#Cc1ccc(Br)n1-c1ccc(CBr)cn1. The van der Waals surface area contributed by atoms with E-state index in [-0.39, 0.29) is 0 Å². The number of nitriles is 1. The molecule has 2 rings (SSSR count). The summed E-state index contributed by atoms with van der Waals surface area (Å²) in [5.41, 5.74) is 1.66. The van der Waals surface area contributed by atoms with Crippen LogP contribution in [-0.2, 0) is 5.33 Å². The fourth-order valence-electron chi connectivity index (χ4n) is 1.36. The minimum Gasteiger partial charge on any atom is -0.279 e. The van der Waals surface area contributed by atoms with Gasteiger partial charge in [0.25, 0.3) is 0 Å². The highest BCUT2D eigenvalue weighted by Gasteiger charge is 2.08. The Kier molecular flexibility index (Phi) is 3.42. The molecule has 80 valence electrons. The molecule has 0 atom stereocenters. The predicted molar refractivity (Wildman–Crippen MR) is 68.6 cm³/mol. The summed E-state index contributed by atoms with van der Waals surface area (Å²) in [4.78, 5) is 4.31. The molecule has 0 aliphatic heterocycles. The zero-order chi connectivity index (χ0) is 11.5. The standard InChI is InChI=1S/C11H7Br2N3/c12-5-8-1-4-11(15-7-8)16-9(6-14)2-3-10(16)13/h1-4,7H,5H2. The van der Waals surface area contributed by atoms with Gasteiger partial charge in [0.2, 0.25) is 0 Å². The fraction of sp³-hybridized carbons (Fsp3) is 0.0909. The predicted octanol–water partition coefficient (Wildman–Crippen LogP) is 3.40. The highest BCUT2D eigenvalue weighted by atomic mass is 79.9. The maximum atomic E-state index is 8.97. The number of rotatable bonds is 2. The molecule has 16 heavy (non-hydrogen) atoms. The van der Waals surface area contributed by atoms with Crippen molar-refractivity contribution in [3.8, 4) is 11.9 Å². The molecule has 0 saturated carbocycles. The van der Waals surface area contributed by atoms with E-state index < -0.39 is 0 Å². The minimum atomic E-state index is 0.561. The summed E-state index contributed by atoms with van der Waals surface area (Å²) in [5.74, 6) is 0.734. The van der Waals surface area contributed by atoms with Crippen molar-refractivity contribution in [2.75, 3.05) is 0 Å². The van der Waals surface area contributed by atoms with Gasteiger partial charge in [-0.2, -0.15) is 5.26 Å². The Morgan fingerprint density at radius 1 is 1.31 bits per heavy atom. The van der Waals surface area contributed by atoms with Crippen molar-refractivity contribution in [3.63, 3.8) is 0 Å². The Morgan fingerprint density at radius 2 is 2.12 bits per heavy atom. The second-order valence-electron chi connectivity index (χ2n) is 3.15. The summed E-state index contributed by atoms with van der Waals surface area (Å²) in [6.45, 7) is 0. The van der Waals surface area contributed by atoms with E-state index in [1.807, 2.05) is 18.2 Å². The largest absolute Gasteiger partial charge is 0.279 e. The van der Waals surface area contributed by atoms with Crippen LogP contribution in [0.25, 0.3) is 5.82 Å². The number of halogens is 2. The molecule has 0 unspecified atom stereocenters. The van der Waals surface area contributed by atoms with Crippen molar-refractivity contribution < 1.29 is 0 Å². The van der Waals surface area contributed by atoms with E-state index >= 15 is 0 Å². The molecule has 3 nitrogen and oxygen atoms in total. The molecule has 0 fully saturated rings. The average molecular weight is 341 g/mol. The normalized spacial score (nSPS) is 10.1. The summed E-state index contributed by atoms with van der Waals surface area (Å²) in [7, 11) is 0. The van der Waals surface area contributed by atoms with Crippen LogP contribution < -0.4 is 0 Å². The zero-order valence-electron chi connectivity index (χ0n) is 8.19. The lowest BCUT2D eigenvalue weighted by atomic mass is 10.3. The van der Waals surface area contributed by atoms with Crippen LogP contribution in [0.2, 0.25) is 0 Å². The number of aromatic nitrogens is 2. The lowest BCUT2D eigenvalue weighted by molar-refractivity contribution is 0.961. The van der Waals surface area contributed by atoms with Crippen LogP contribution in [0.5, 0.6) is 0 Å². The molecule has 0 spiro atoms. The summed E-state index contributed by atoms with van der Waals surface area (Å²) in [6.07, 6.45) is 1.79. The first kappa shape index (κ1) is 11.4. The van der Waals surface area contributed by atoms with Crippen LogP contribution in [0.3, 0.4) is 0 Å². The van der Waals surface area contributed by atoms with Gasteiger partial charge in [0.1, 0.15) is 17.6 Å². The van der Waals surface area contributed by atoms with Gasteiger partial charge in [-0.1, -0.05) is 22.0 Å². The van der Waals surface area contributed by atoms with Crippen LogP contribution >= 0.6 is 31.9 Å². The average Bonchev–Trinajstić information content (AvgIpc) is 2.70. The molecule has 2 aromatic rings. The first-order chi connectivity index (χ1) is 7.76. The molecule has 2 heterocycles. The van der Waals surface area contributed by atoms with Crippen LogP contribution in [0.1, 0.15) is 11.3 Å². The number of hydrogen-bond acceptors (Lipinski definition) is 2. The first-order valence-electron chi connectivity index (χ1n) is 4.55. The Labute approximate surface area is 110 Å². The van der Waals surface area contributed by atoms with Gasteiger partial charge in [-0.3, -0.25) is 4.57 Å². The van der Waals surface area contributed by atoms with Gasteiger partial charge in [0.05, 0.1) is 4.60 Å². The molecule has 0 aromatic carbocycles. The van der Waals surface area contributed by atoms with Crippen molar-refractivity contribution in [2.24, 2.45) is 0 Å². The third-order valence-corrected chi connectivity index (χ3v) is 3.41. The molecule has 0 bridgehead atoms. The lowest BCUT2D eigenvalue weighted by Gasteiger charge is -2.06. The Balaban J connectivity index is 2.50. The summed E-state index contributed by atoms with van der Waals surface area (Å²) < 4.78 is 2.58. The molecule has 2 aromatic heterocycles. The lowest BCUT2D eigenvalue weighted by Crippen LogP contribution is -2.00. The van der Waals surface area contributed by atoms with E-state index in [1.165, 1.54) is 0 Å². The first-order valence-corrected chi connectivity index (χ1v) is 6.46. The summed E-state index contributed by atoms with van der Waals surface area (Å²) in [5, 5.41) is 9.74. The molecular weight excluding hydrogens is 334 g/mol. The van der Waals surface area contributed by atoms with E-state index in [0.29, 0.717) is 5.69 Å². The van der Waals surface area contributed by atoms with Crippen molar-refractivity contribution in [1.82, 2.24) is 9.55 Å². The van der Waals surface area contributed by atoms with Crippen molar-refractivity contribution >= 4 is 31.9 Å². The van der Waals surface area contributed by atoms with Gasteiger partial charge in [-0.25, -0.2) is 4.98 Å². The third kappa shape index (κ3) is 2.04. The molecular formula is C11H7Br2N3. The van der Waals surface area contributed by atoms with Gasteiger partial charge in [0, 0.05) is 11.5 Å². The Hall–Kier alpha value is -1.12. The van der Waals surface area contributed by atoms with Gasteiger partial charge in [0.15, 0.2) is 0 Å². The van der Waals surface area contributed by atoms with E-state index in [0.717, 1.165) is 21.3 Å². The quantitative estimate of drug-likeness (QED) is 0.786. The van der Waals surface area contributed by atoms with Crippen molar-refractivity contribution in [3.05, 3.63) is 46.3 Å². The van der Waals surface area contributed by atoms with Crippen LogP contribution in [-0.4, -0.2) is 9.55 Å². The van der Waals surface area contributed by atoms with E-state index in [1.54, 1.807) is 16.8 Å². The van der Waals surface area contributed by atoms with E-state index in [4.69, 9.17) is 5.26 Å². The monoisotopic (exact) mass is 339 g/mol. The van der Waals surface area contributed by atoms with E-state index in [2.05, 4.69) is 42.9 Å². The van der Waals surface area contributed by atoms with Gasteiger partial charge in [-0.15, -0.1) is 0 Å². The van der Waals surface area contributed by atoms with Crippen LogP contribution in [0, 0.1) is 11.3 Å².